The van der Waals surface area contributed by atoms with Crippen molar-refractivity contribution in [3.05, 3.63) is 35.9 Å². The average Bonchev–Trinajstić information content (AvgIpc) is 2.31. The molecule has 2 atom stereocenters. The Labute approximate surface area is 103 Å². The van der Waals surface area contributed by atoms with E-state index < -0.39 is 6.10 Å². The molecule has 3 heteroatoms. The molecule has 0 fully saturated rings. The number of aliphatic hydroxyl groups is 1. The van der Waals surface area contributed by atoms with Crippen molar-refractivity contribution < 1.29 is 5.11 Å². The van der Waals surface area contributed by atoms with Gasteiger partial charge in [0, 0.05) is 12.1 Å². The van der Waals surface area contributed by atoms with Gasteiger partial charge in [0.1, 0.15) is 0 Å². The van der Waals surface area contributed by atoms with E-state index in [2.05, 4.69) is 11.4 Å². The normalized spacial score (nSPS) is 15.0. The molecule has 3 nitrogen and oxygen atoms in total. The van der Waals surface area contributed by atoms with Gasteiger partial charge < -0.3 is 10.4 Å². The van der Waals surface area contributed by atoms with Crippen molar-refractivity contribution in [1.29, 1.82) is 5.26 Å². The maximum atomic E-state index is 9.59. The zero-order valence-electron chi connectivity index (χ0n) is 10.6. The van der Waals surface area contributed by atoms with Gasteiger partial charge in [-0.2, -0.15) is 5.26 Å². The topological polar surface area (TPSA) is 56.0 Å². The van der Waals surface area contributed by atoms with Gasteiger partial charge in [-0.25, -0.2) is 0 Å². The average molecular weight is 232 g/mol. The molecule has 1 aromatic carbocycles. The number of nitrogens with zero attached hydrogens (tertiary/aromatic N) is 1. The SMILES string of the molecule is CC(O)C(C)(C)NCC(C#N)c1ccccc1. The lowest BCUT2D eigenvalue weighted by atomic mass is 9.95. The second kappa shape index (κ2) is 5.81. The van der Waals surface area contributed by atoms with Crippen molar-refractivity contribution >= 4 is 0 Å². The Hall–Kier alpha value is -1.37. The molecule has 0 aliphatic carbocycles. The molecule has 2 N–H and O–H groups in total. The molecule has 0 amide bonds. The van der Waals surface area contributed by atoms with Gasteiger partial charge in [0.05, 0.1) is 18.1 Å². The summed E-state index contributed by atoms with van der Waals surface area (Å²) < 4.78 is 0. The summed E-state index contributed by atoms with van der Waals surface area (Å²) in [5, 5.41) is 22.0. The van der Waals surface area contributed by atoms with Crippen LogP contribution in [0.25, 0.3) is 0 Å². The van der Waals surface area contributed by atoms with E-state index in [4.69, 9.17) is 5.26 Å². The number of rotatable bonds is 5. The molecule has 0 aromatic heterocycles. The third-order valence-electron chi connectivity index (χ3n) is 3.16. The highest BCUT2D eigenvalue weighted by molar-refractivity contribution is 5.25. The van der Waals surface area contributed by atoms with E-state index in [-0.39, 0.29) is 11.5 Å². The van der Waals surface area contributed by atoms with E-state index >= 15 is 0 Å². The fourth-order valence-corrected chi connectivity index (χ4v) is 1.44. The first kappa shape index (κ1) is 13.7. The predicted molar refractivity (Wildman–Crippen MR) is 68.6 cm³/mol. The van der Waals surface area contributed by atoms with Gasteiger partial charge in [0.2, 0.25) is 0 Å². The Bertz CT molecular complexity index is 379. The molecule has 0 radical (unpaired) electrons. The van der Waals surface area contributed by atoms with E-state index in [0.717, 1.165) is 5.56 Å². The lowest BCUT2D eigenvalue weighted by Gasteiger charge is -2.30. The van der Waals surface area contributed by atoms with Crippen LogP contribution in [0.3, 0.4) is 0 Å². The lowest BCUT2D eigenvalue weighted by molar-refractivity contribution is 0.0966. The number of nitrogens with one attached hydrogen (secondary N) is 1. The number of aliphatic hydroxyl groups excluding tert-OH is 1. The van der Waals surface area contributed by atoms with Crippen LogP contribution in [-0.4, -0.2) is 23.3 Å². The number of benzene rings is 1. The lowest BCUT2D eigenvalue weighted by Crippen LogP contribution is -2.49. The van der Waals surface area contributed by atoms with Gasteiger partial charge in [-0.05, 0) is 26.3 Å². The third kappa shape index (κ3) is 3.85. The second-order valence-electron chi connectivity index (χ2n) is 4.87. The first-order valence-corrected chi connectivity index (χ1v) is 5.85. The van der Waals surface area contributed by atoms with Crippen LogP contribution in [0.5, 0.6) is 0 Å². The molecule has 0 aliphatic rings. The maximum Gasteiger partial charge on any atom is 0.0837 e. The summed E-state index contributed by atoms with van der Waals surface area (Å²) in [6, 6.07) is 12.0. The molecule has 92 valence electrons. The summed E-state index contributed by atoms with van der Waals surface area (Å²) in [5.74, 6) is -0.186. The Morgan fingerprint density at radius 1 is 1.35 bits per heavy atom. The third-order valence-corrected chi connectivity index (χ3v) is 3.16. The zero-order valence-corrected chi connectivity index (χ0v) is 10.6. The van der Waals surface area contributed by atoms with E-state index in [0.29, 0.717) is 6.54 Å². The predicted octanol–water partition coefficient (Wildman–Crippen LogP) is 2.04. The van der Waals surface area contributed by atoms with Crippen molar-refractivity contribution in [2.75, 3.05) is 6.54 Å². The van der Waals surface area contributed by atoms with Gasteiger partial charge in [-0.15, -0.1) is 0 Å². The Morgan fingerprint density at radius 3 is 2.41 bits per heavy atom. The minimum absolute atomic E-state index is 0.186. The Kier molecular flexibility index (Phi) is 4.68. The summed E-state index contributed by atoms with van der Waals surface area (Å²) in [4.78, 5) is 0. The van der Waals surface area contributed by atoms with Gasteiger partial charge in [-0.3, -0.25) is 0 Å². The molecule has 2 unspecified atom stereocenters. The highest BCUT2D eigenvalue weighted by atomic mass is 16.3. The van der Waals surface area contributed by atoms with Crippen molar-refractivity contribution in [2.24, 2.45) is 0 Å². The molecule has 0 spiro atoms. The van der Waals surface area contributed by atoms with Crippen LogP contribution < -0.4 is 5.32 Å². The maximum absolute atomic E-state index is 9.59. The van der Waals surface area contributed by atoms with Gasteiger partial charge in [0.15, 0.2) is 0 Å². The van der Waals surface area contributed by atoms with Crippen LogP contribution >= 0.6 is 0 Å². The number of hydrogen-bond donors (Lipinski definition) is 2. The molecule has 17 heavy (non-hydrogen) atoms. The van der Waals surface area contributed by atoms with Crippen LogP contribution in [-0.2, 0) is 0 Å². The van der Waals surface area contributed by atoms with E-state index in [1.54, 1.807) is 6.92 Å². The first-order chi connectivity index (χ1) is 7.97. The van der Waals surface area contributed by atoms with Crippen molar-refractivity contribution in [3.8, 4) is 6.07 Å². The monoisotopic (exact) mass is 232 g/mol. The molecule has 0 saturated heterocycles. The molecule has 1 rings (SSSR count). The van der Waals surface area contributed by atoms with Crippen molar-refractivity contribution in [3.63, 3.8) is 0 Å². The van der Waals surface area contributed by atoms with Gasteiger partial charge in [0.25, 0.3) is 0 Å². The van der Waals surface area contributed by atoms with Crippen LogP contribution in [0.2, 0.25) is 0 Å². The quantitative estimate of drug-likeness (QED) is 0.817. The van der Waals surface area contributed by atoms with Crippen LogP contribution in [0.15, 0.2) is 30.3 Å². The standard InChI is InChI=1S/C14H20N2O/c1-11(17)14(2,3)16-10-13(9-15)12-7-5-4-6-8-12/h4-8,11,13,16-17H,10H2,1-3H3. The molecular formula is C14H20N2O. The van der Waals surface area contributed by atoms with E-state index in [1.165, 1.54) is 0 Å². The minimum Gasteiger partial charge on any atom is -0.392 e. The highest BCUT2D eigenvalue weighted by Gasteiger charge is 2.24. The molecule has 0 bridgehead atoms. The first-order valence-electron chi connectivity index (χ1n) is 5.85. The largest absolute Gasteiger partial charge is 0.392 e. The molecule has 0 heterocycles. The number of hydrogen-bond acceptors (Lipinski definition) is 3. The minimum atomic E-state index is -0.461. The van der Waals surface area contributed by atoms with Gasteiger partial charge >= 0.3 is 0 Å². The summed E-state index contributed by atoms with van der Waals surface area (Å²) in [7, 11) is 0. The van der Waals surface area contributed by atoms with Crippen LogP contribution in [0.1, 0.15) is 32.3 Å². The van der Waals surface area contributed by atoms with Crippen molar-refractivity contribution in [2.45, 2.75) is 38.3 Å². The Balaban J connectivity index is 2.65. The fourth-order valence-electron chi connectivity index (χ4n) is 1.44. The summed E-state index contributed by atoms with van der Waals surface area (Å²) in [6.07, 6.45) is -0.461. The molecule has 0 aliphatic heterocycles. The highest BCUT2D eigenvalue weighted by Crippen LogP contribution is 2.16. The Morgan fingerprint density at radius 2 is 1.94 bits per heavy atom. The summed E-state index contributed by atoms with van der Waals surface area (Å²) >= 11 is 0. The van der Waals surface area contributed by atoms with E-state index in [1.807, 2.05) is 44.2 Å². The van der Waals surface area contributed by atoms with Crippen LogP contribution in [0, 0.1) is 11.3 Å². The summed E-state index contributed by atoms with van der Waals surface area (Å²) in [5.41, 5.74) is 0.619. The summed E-state index contributed by atoms with van der Waals surface area (Å²) in [6.45, 7) is 6.14. The molecular weight excluding hydrogens is 212 g/mol. The smallest absolute Gasteiger partial charge is 0.0837 e. The second-order valence-corrected chi connectivity index (χ2v) is 4.87. The van der Waals surface area contributed by atoms with E-state index in [9.17, 15) is 5.11 Å². The van der Waals surface area contributed by atoms with Crippen molar-refractivity contribution in [1.82, 2.24) is 5.32 Å². The molecule has 1 aromatic rings. The fraction of sp³-hybridized carbons (Fsp3) is 0.500. The van der Waals surface area contributed by atoms with Gasteiger partial charge in [-0.1, -0.05) is 30.3 Å². The number of nitriles is 1. The zero-order chi connectivity index (χ0) is 12.9. The molecule has 0 saturated carbocycles. The van der Waals surface area contributed by atoms with Crippen LogP contribution in [0.4, 0.5) is 0 Å².